The molecule has 2 aromatic rings. The van der Waals surface area contributed by atoms with E-state index < -0.39 is 0 Å². The Morgan fingerprint density at radius 3 is 2.25 bits per heavy atom. The van der Waals surface area contributed by atoms with E-state index in [9.17, 15) is 5.11 Å². The monoisotopic (exact) mass is 323 g/mol. The van der Waals surface area contributed by atoms with E-state index in [0.29, 0.717) is 11.8 Å². The van der Waals surface area contributed by atoms with Crippen molar-refractivity contribution >= 4 is 6.21 Å². The van der Waals surface area contributed by atoms with Gasteiger partial charge in [-0.3, -0.25) is 4.99 Å². The zero-order valence-corrected chi connectivity index (χ0v) is 15.5. The smallest absolute Gasteiger partial charge is 0.128 e. The molecule has 0 spiro atoms. The van der Waals surface area contributed by atoms with Crippen molar-refractivity contribution in [2.45, 2.75) is 58.9 Å². The fourth-order valence-electron chi connectivity index (χ4n) is 3.07. The van der Waals surface area contributed by atoms with Crippen molar-refractivity contribution in [1.82, 2.24) is 0 Å². The lowest BCUT2D eigenvalue weighted by Crippen LogP contribution is -2.19. The fraction of sp³-hybridized carbons (Fsp3) is 0.409. The first-order chi connectivity index (χ1) is 11.4. The summed E-state index contributed by atoms with van der Waals surface area (Å²) in [6.07, 6.45) is 3.89. The lowest BCUT2D eigenvalue weighted by Gasteiger charge is -2.28. The van der Waals surface area contributed by atoms with Crippen molar-refractivity contribution in [3.05, 3.63) is 64.7 Å². The molecular formula is C22H29NO. The van der Waals surface area contributed by atoms with Gasteiger partial charge in [-0.05, 0) is 30.9 Å². The van der Waals surface area contributed by atoms with Gasteiger partial charge in [0.2, 0.25) is 0 Å². The van der Waals surface area contributed by atoms with Gasteiger partial charge >= 0.3 is 0 Å². The standard InChI is InChI=1S/C22H29NO/c1-6-18(7-2)23-15-19-16(3)13-14-20(21(19)24)22(4,5)17-11-9-8-10-12-17/h8-15,18,24H,6-7H2,1-5H3. The summed E-state index contributed by atoms with van der Waals surface area (Å²) in [5.74, 6) is 0.346. The van der Waals surface area contributed by atoms with E-state index in [1.54, 1.807) is 0 Å². The van der Waals surface area contributed by atoms with Crippen LogP contribution in [0.1, 0.15) is 62.8 Å². The molecule has 0 bridgehead atoms. The van der Waals surface area contributed by atoms with Crippen LogP contribution in [0.4, 0.5) is 0 Å². The Bertz CT molecular complexity index is 697. The Morgan fingerprint density at radius 1 is 1.04 bits per heavy atom. The lowest BCUT2D eigenvalue weighted by molar-refractivity contribution is 0.451. The van der Waals surface area contributed by atoms with Gasteiger partial charge in [0.25, 0.3) is 0 Å². The van der Waals surface area contributed by atoms with Gasteiger partial charge in [-0.2, -0.15) is 0 Å². The summed E-state index contributed by atoms with van der Waals surface area (Å²) in [5.41, 5.74) is 3.74. The number of rotatable bonds is 6. The van der Waals surface area contributed by atoms with Gasteiger partial charge < -0.3 is 5.11 Å². The Hall–Kier alpha value is -2.09. The molecule has 2 nitrogen and oxygen atoms in total. The van der Waals surface area contributed by atoms with Crippen molar-refractivity contribution in [2.75, 3.05) is 0 Å². The van der Waals surface area contributed by atoms with E-state index in [4.69, 9.17) is 0 Å². The fourth-order valence-corrected chi connectivity index (χ4v) is 3.07. The van der Waals surface area contributed by atoms with E-state index in [0.717, 1.165) is 29.5 Å². The molecule has 0 radical (unpaired) electrons. The molecule has 0 unspecified atom stereocenters. The SMILES string of the molecule is CCC(CC)N=Cc1c(C)ccc(C(C)(C)c2ccccc2)c1O. The van der Waals surface area contributed by atoms with E-state index in [1.807, 2.05) is 37.4 Å². The average Bonchev–Trinajstić information content (AvgIpc) is 2.58. The number of phenolic OH excluding ortho intramolecular Hbond substituents is 1. The molecule has 0 atom stereocenters. The first-order valence-electron chi connectivity index (χ1n) is 8.83. The van der Waals surface area contributed by atoms with E-state index >= 15 is 0 Å². The van der Waals surface area contributed by atoms with E-state index in [1.165, 1.54) is 5.56 Å². The van der Waals surface area contributed by atoms with Crippen LogP contribution in [0, 0.1) is 6.92 Å². The molecule has 2 aromatic carbocycles. The number of phenols is 1. The molecule has 0 aliphatic heterocycles. The molecule has 0 aromatic heterocycles. The molecular weight excluding hydrogens is 294 g/mol. The zero-order chi connectivity index (χ0) is 17.7. The Balaban J connectivity index is 2.49. The molecule has 0 heterocycles. The number of aliphatic imine (C=N–C) groups is 1. The highest BCUT2D eigenvalue weighted by Crippen LogP contribution is 2.38. The van der Waals surface area contributed by atoms with Gasteiger partial charge in [0.15, 0.2) is 0 Å². The first kappa shape index (κ1) is 18.3. The second-order valence-electron chi connectivity index (χ2n) is 6.93. The third-order valence-electron chi connectivity index (χ3n) is 4.96. The second-order valence-corrected chi connectivity index (χ2v) is 6.93. The molecule has 2 rings (SSSR count). The minimum Gasteiger partial charge on any atom is -0.507 e. The Kier molecular flexibility index (Phi) is 5.82. The van der Waals surface area contributed by atoms with Gasteiger partial charge in [-0.15, -0.1) is 0 Å². The maximum atomic E-state index is 10.9. The molecule has 0 aliphatic rings. The van der Waals surface area contributed by atoms with E-state index in [-0.39, 0.29) is 5.41 Å². The van der Waals surface area contributed by atoms with Gasteiger partial charge in [0, 0.05) is 28.8 Å². The van der Waals surface area contributed by atoms with Crippen LogP contribution >= 0.6 is 0 Å². The summed E-state index contributed by atoms with van der Waals surface area (Å²) in [4.78, 5) is 4.66. The van der Waals surface area contributed by atoms with Gasteiger partial charge in [0.1, 0.15) is 5.75 Å². The van der Waals surface area contributed by atoms with Crippen molar-refractivity contribution in [1.29, 1.82) is 0 Å². The third kappa shape index (κ3) is 3.69. The maximum Gasteiger partial charge on any atom is 0.128 e. The van der Waals surface area contributed by atoms with Crippen LogP contribution in [0.5, 0.6) is 5.75 Å². The molecule has 0 saturated heterocycles. The zero-order valence-electron chi connectivity index (χ0n) is 15.5. The highest BCUT2D eigenvalue weighted by Gasteiger charge is 2.27. The number of aryl methyl sites for hydroxylation is 1. The van der Waals surface area contributed by atoms with Crippen LogP contribution in [0.25, 0.3) is 0 Å². The van der Waals surface area contributed by atoms with Gasteiger partial charge in [0.05, 0.1) is 0 Å². The number of benzene rings is 2. The molecule has 0 aliphatic carbocycles. The van der Waals surface area contributed by atoms with Crippen molar-refractivity contribution in [2.24, 2.45) is 4.99 Å². The minimum absolute atomic E-state index is 0.267. The molecule has 2 heteroatoms. The quantitative estimate of drug-likeness (QED) is 0.686. The molecule has 0 amide bonds. The van der Waals surface area contributed by atoms with E-state index in [2.05, 4.69) is 50.9 Å². The summed E-state index contributed by atoms with van der Waals surface area (Å²) in [6.45, 7) is 10.6. The van der Waals surface area contributed by atoms with Crippen LogP contribution < -0.4 is 0 Å². The first-order valence-corrected chi connectivity index (χ1v) is 8.83. The third-order valence-corrected chi connectivity index (χ3v) is 4.96. The number of hydrogen-bond acceptors (Lipinski definition) is 2. The highest BCUT2D eigenvalue weighted by molar-refractivity contribution is 5.86. The van der Waals surface area contributed by atoms with Crippen LogP contribution in [-0.2, 0) is 5.41 Å². The second kappa shape index (κ2) is 7.65. The highest BCUT2D eigenvalue weighted by atomic mass is 16.3. The van der Waals surface area contributed by atoms with Crippen LogP contribution in [-0.4, -0.2) is 17.4 Å². The minimum atomic E-state index is -0.267. The normalized spacial score (nSPS) is 12.2. The molecule has 24 heavy (non-hydrogen) atoms. The summed E-state index contributed by atoms with van der Waals surface area (Å²) in [6, 6.07) is 14.7. The van der Waals surface area contributed by atoms with Crippen molar-refractivity contribution in [3.63, 3.8) is 0 Å². The summed E-state index contributed by atoms with van der Waals surface area (Å²) >= 11 is 0. The lowest BCUT2D eigenvalue weighted by atomic mass is 9.76. The molecule has 1 N–H and O–H groups in total. The summed E-state index contributed by atoms with van der Waals surface area (Å²) in [7, 11) is 0. The number of nitrogens with zero attached hydrogens (tertiary/aromatic N) is 1. The predicted octanol–water partition coefficient (Wildman–Crippen LogP) is 5.63. The maximum absolute atomic E-state index is 10.9. The van der Waals surface area contributed by atoms with Crippen LogP contribution in [0.3, 0.4) is 0 Å². The molecule has 0 saturated carbocycles. The Labute approximate surface area is 146 Å². The summed E-state index contributed by atoms with van der Waals surface area (Å²) < 4.78 is 0. The summed E-state index contributed by atoms with van der Waals surface area (Å²) in [5, 5.41) is 10.9. The largest absolute Gasteiger partial charge is 0.507 e. The van der Waals surface area contributed by atoms with Crippen LogP contribution in [0.2, 0.25) is 0 Å². The van der Waals surface area contributed by atoms with Gasteiger partial charge in [-0.25, -0.2) is 0 Å². The predicted molar refractivity (Wildman–Crippen MR) is 103 cm³/mol. The molecule has 128 valence electrons. The van der Waals surface area contributed by atoms with Crippen molar-refractivity contribution in [3.8, 4) is 5.75 Å². The Morgan fingerprint density at radius 2 is 1.67 bits per heavy atom. The molecule has 0 fully saturated rings. The number of hydrogen-bond donors (Lipinski definition) is 1. The van der Waals surface area contributed by atoms with Crippen LogP contribution in [0.15, 0.2) is 47.5 Å². The topological polar surface area (TPSA) is 32.6 Å². The number of aromatic hydroxyl groups is 1. The average molecular weight is 323 g/mol. The van der Waals surface area contributed by atoms with Crippen molar-refractivity contribution < 1.29 is 5.11 Å². The van der Waals surface area contributed by atoms with Gasteiger partial charge in [-0.1, -0.05) is 70.2 Å².